The van der Waals surface area contributed by atoms with Crippen molar-refractivity contribution < 1.29 is 9.50 Å². The summed E-state index contributed by atoms with van der Waals surface area (Å²) in [6, 6.07) is 5.71. The zero-order chi connectivity index (χ0) is 14.4. The molecule has 0 heterocycles. The molecule has 4 heteroatoms. The van der Waals surface area contributed by atoms with E-state index in [0.717, 1.165) is 18.4 Å². The lowest BCUT2D eigenvalue weighted by Crippen LogP contribution is -2.38. The van der Waals surface area contributed by atoms with Gasteiger partial charge < -0.3 is 10.8 Å². The van der Waals surface area contributed by atoms with Crippen molar-refractivity contribution in [2.45, 2.75) is 51.2 Å². The molecule has 1 aromatic carbocycles. The summed E-state index contributed by atoms with van der Waals surface area (Å²) in [7, 11) is 0. The predicted molar refractivity (Wildman–Crippen MR) is 78.7 cm³/mol. The second kappa shape index (κ2) is 7.72. The van der Waals surface area contributed by atoms with Crippen molar-refractivity contribution in [2.24, 2.45) is 5.73 Å². The number of aliphatic hydroxyl groups is 1. The van der Waals surface area contributed by atoms with Gasteiger partial charge in [-0.05, 0) is 24.5 Å². The van der Waals surface area contributed by atoms with Crippen LogP contribution in [0.2, 0.25) is 0 Å². The van der Waals surface area contributed by atoms with E-state index in [2.05, 4.69) is 4.90 Å². The third kappa shape index (κ3) is 4.01. The van der Waals surface area contributed by atoms with Gasteiger partial charge in [0.05, 0.1) is 6.61 Å². The first-order valence-corrected chi connectivity index (χ1v) is 7.57. The van der Waals surface area contributed by atoms with Gasteiger partial charge in [-0.2, -0.15) is 0 Å². The van der Waals surface area contributed by atoms with Gasteiger partial charge in [0.2, 0.25) is 0 Å². The lowest BCUT2D eigenvalue weighted by Gasteiger charge is -2.34. The molecule has 112 valence electrons. The summed E-state index contributed by atoms with van der Waals surface area (Å²) in [6.45, 7) is 1.67. The first-order chi connectivity index (χ1) is 9.74. The van der Waals surface area contributed by atoms with Crippen molar-refractivity contribution in [3.8, 4) is 0 Å². The van der Waals surface area contributed by atoms with Crippen LogP contribution in [0.5, 0.6) is 0 Å². The quantitative estimate of drug-likeness (QED) is 0.841. The molecule has 0 bridgehead atoms. The lowest BCUT2D eigenvalue weighted by molar-refractivity contribution is 0.116. The fourth-order valence-electron chi connectivity index (χ4n) is 3.03. The van der Waals surface area contributed by atoms with Gasteiger partial charge in [0.25, 0.3) is 0 Å². The molecule has 0 unspecified atom stereocenters. The summed E-state index contributed by atoms with van der Waals surface area (Å²) in [5.74, 6) is -0.188. The smallest absolute Gasteiger partial charge is 0.128 e. The monoisotopic (exact) mass is 280 g/mol. The maximum atomic E-state index is 14.1. The van der Waals surface area contributed by atoms with Crippen LogP contribution in [-0.4, -0.2) is 29.2 Å². The highest BCUT2D eigenvalue weighted by atomic mass is 19.1. The van der Waals surface area contributed by atoms with Crippen LogP contribution >= 0.6 is 0 Å². The van der Waals surface area contributed by atoms with Crippen molar-refractivity contribution in [2.75, 3.05) is 13.2 Å². The highest BCUT2D eigenvalue weighted by molar-refractivity contribution is 5.24. The third-order valence-corrected chi connectivity index (χ3v) is 4.20. The van der Waals surface area contributed by atoms with Crippen molar-refractivity contribution in [3.63, 3.8) is 0 Å². The molecule has 1 aliphatic carbocycles. The average Bonchev–Trinajstić information content (AvgIpc) is 2.49. The van der Waals surface area contributed by atoms with E-state index in [4.69, 9.17) is 5.73 Å². The molecule has 0 saturated heterocycles. The van der Waals surface area contributed by atoms with Gasteiger partial charge in [-0.25, -0.2) is 4.39 Å². The van der Waals surface area contributed by atoms with Crippen LogP contribution in [0, 0.1) is 5.82 Å². The van der Waals surface area contributed by atoms with Crippen molar-refractivity contribution in [3.05, 3.63) is 35.1 Å². The molecule has 1 aromatic rings. The normalized spacial score (nSPS) is 16.8. The molecule has 0 aliphatic heterocycles. The molecule has 2 rings (SSSR count). The first kappa shape index (κ1) is 15.4. The number of hydrogen-bond donors (Lipinski definition) is 2. The molecule has 0 amide bonds. The number of rotatable bonds is 6. The van der Waals surface area contributed by atoms with E-state index in [9.17, 15) is 9.50 Å². The van der Waals surface area contributed by atoms with Gasteiger partial charge in [-0.15, -0.1) is 0 Å². The Hall–Kier alpha value is -0.970. The van der Waals surface area contributed by atoms with E-state index in [1.165, 1.54) is 25.3 Å². The second-order valence-corrected chi connectivity index (χ2v) is 5.62. The van der Waals surface area contributed by atoms with E-state index in [1.54, 1.807) is 0 Å². The van der Waals surface area contributed by atoms with Crippen LogP contribution in [-0.2, 0) is 13.1 Å². The number of halogens is 1. The zero-order valence-electron chi connectivity index (χ0n) is 12.0. The summed E-state index contributed by atoms with van der Waals surface area (Å²) < 4.78 is 14.1. The van der Waals surface area contributed by atoms with E-state index in [1.807, 2.05) is 12.1 Å². The molecule has 1 saturated carbocycles. The van der Waals surface area contributed by atoms with Crippen molar-refractivity contribution in [1.82, 2.24) is 4.90 Å². The first-order valence-electron chi connectivity index (χ1n) is 7.57. The third-order valence-electron chi connectivity index (χ3n) is 4.20. The molecule has 20 heavy (non-hydrogen) atoms. The number of nitrogens with zero attached hydrogens (tertiary/aromatic N) is 1. The molecule has 1 fully saturated rings. The van der Waals surface area contributed by atoms with Gasteiger partial charge in [0.15, 0.2) is 0 Å². The molecule has 0 spiro atoms. The van der Waals surface area contributed by atoms with E-state index in [0.29, 0.717) is 31.2 Å². The fraction of sp³-hybridized carbons (Fsp3) is 0.625. The number of hydrogen-bond acceptors (Lipinski definition) is 3. The predicted octanol–water partition coefficient (Wildman–Crippen LogP) is 2.41. The highest BCUT2D eigenvalue weighted by Crippen LogP contribution is 2.24. The molecule has 3 N–H and O–H groups in total. The minimum absolute atomic E-state index is 0.124. The Bertz CT molecular complexity index is 419. The Labute approximate surface area is 120 Å². The Morgan fingerprint density at radius 1 is 1.25 bits per heavy atom. The minimum Gasteiger partial charge on any atom is -0.395 e. The van der Waals surface area contributed by atoms with Crippen LogP contribution in [0.1, 0.15) is 43.2 Å². The van der Waals surface area contributed by atoms with Crippen molar-refractivity contribution in [1.29, 1.82) is 0 Å². The molecular formula is C16H25FN2O. The Kier molecular flexibility index (Phi) is 5.95. The van der Waals surface area contributed by atoms with Crippen LogP contribution < -0.4 is 5.73 Å². The molecule has 3 nitrogen and oxygen atoms in total. The van der Waals surface area contributed by atoms with E-state index < -0.39 is 0 Å². The SMILES string of the molecule is NCc1ccc(CN(CCO)C2CCCCC2)c(F)c1. The van der Waals surface area contributed by atoms with E-state index in [-0.39, 0.29) is 12.4 Å². The van der Waals surface area contributed by atoms with Gasteiger partial charge in [0, 0.05) is 31.2 Å². The van der Waals surface area contributed by atoms with Crippen LogP contribution in [0.25, 0.3) is 0 Å². The summed E-state index contributed by atoms with van der Waals surface area (Å²) in [6.07, 6.45) is 6.08. The van der Waals surface area contributed by atoms with Gasteiger partial charge in [-0.1, -0.05) is 31.4 Å². The van der Waals surface area contributed by atoms with Crippen LogP contribution in [0.3, 0.4) is 0 Å². The Morgan fingerprint density at radius 3 is 2.60 bits per heavy atom. The number of nitrogens with two attached hydrogens (primary N) is 1. The molecule has 0 radical (unpaired) electrons. The van der Waals surface area contributed by atoms with Crippen molar-refractivity contribution >= 4 is 0 Å². The summed E-state index contributed by atoms with van der Waals surface area (Å²) in [4.78, 5) is 2.22. The average molecular weight is 280 g/mol. The standard InChI is InChI=1S/C16H25FN2O/c17-16-10-13(11-18)6-7-14(16)12-19(8-9-20)15-4-2-1-3-5-15/h6-7,10,15,20H,1-5,8-9,11-12,18H2. The van der Waals surface area contributed by atoms with Gasteiger partial charge >= 0.3 is 0 Å². The molecule has 0 aromatic heterocycles. The second-order valence-electron chi connectivity index (χ2n) is 5.62. The summed E-state index contributed by atoms with van der Waals surface area (Å²) in [5.41, 5.74) is 7.04. The summed E-state index contributed by atoms with van der Waals surface area (Å²) >= 11 is 0. The zero-order valence-corrected chi connectivity index (χ0v) is 12.0. The molecule has 0 atom stereocenters. The van der Waals surface area contributed by atoms with Gasteiger partial charge in [0.1, 0.15) is 5.82 Å². The molecular weight excluding hydrogens is 255 g/mol. The minimum atomic E-state index is -0.188. The summed E-state index contributed by atoms with van der Waals surface area (Å²) in [5, 5.41) is 9.24. The maximum absolute atomic E-state index is 14.1. The fourth-order valence-corrected chi connectivity index (χ4v) is 3.03. The maximum Gasteiger partial charge on any atom is 0.128 e. The highest BCUT2D eigenvalue weighted by Gasteiger charge is 2.21. The van der Waals surface area contributed by atoms with E-state index >= 15 is 0 Å². The Morgan fingerprint density at radius 2 is 2.00 bits per heavy atom. The lowest BCUT2D eigenvalue weighted by atomic mass is 9.93. The number of aliphatic hydroxyl groups excluding tert-OH is 1. The van der Waals surface area contributed by atoms with Crippen LogP contribution in [0.15, 0.2) is 18.2 Å². The molecule has 1 aliphatic rings. The number of benzene rings is 1. The largest absolute Gasteiger partial charge is 0.395 e. The van der Waals surface area contributed by atoms with Crippen LogP contribution in [0.4, 0.5) is 4.39 Å². The Balaban J connectivity index is 2.06. The topological polar surface area (TPSA) is 49.5 Å². The van der Waals surface area contributed by atoms with Gasteiger partial charge in [-0.3, -0.25) is 4.90 Å².